The van der Waals surface area contributed by atoms with Gasteiger partial charge >= 0.3 is 0 Å². The van der Waals surface area contributed by atoms with Crippen molar-refractivity contribution in [3.63, 3.8) is 0 Å². The number of rotatable bonds is 2. The molecule has 0 atom stereocenters. The largest absolute Gasteiger partial charge is 0.496 e. The Morgan fingerprint density at radius 3 is 2.38 bits per heavy atom. The number of ether oxygens (including phenoxy) is 1. The van der Waals surface area contributed by atoms with Gasteiger partial charge in [-0.1, -0.05) is 33.0 Å². The zero-order chi connectivity index (χ0) is 12.3. The van der Waals surface area contributed by atoms with Crippen LogP contribution in [0.1, 0.15) is 31.9 Å². The smallest absolute Gasteiger partial charge is 0.122 e. The second-order valence-corrected chi connectivity index (χ2v) is 5.15. The highest BCUT2D eigenvalue weighted by Gasteiger charge is 2.19. The molecule has 0 bridgehead atoms. The van der Waals surface area contributed by atoms with Crippen molar-refractivity contribution in [1.29, 1.82) is 0 Å². The van der Waals surface area contributed by atoms with E-state index in [0.29, 0.717) is 0 Å². The van der Waals surface area contributed by atoms with Crippen molar-refractivity contribution in [1.82, 2.24) is 5.32 Å². The third-order valence-electron chi connectivity index (χ3n) is 2.50. The average molecular weight is 237 g/mol. The van der Waals surface area contributed by atoms with Crippen LogP contribution in [0.15, 0.2) is 18.2 Å². The quantitative estimate of drug-likeness (QED) is 0.799. The number of methoxy groups -OCH3 is 1. The number of benzene rings is 1. The second kappa shape index (κ2) is 4.83. The maximum Gasteiger partial charge on any atom is 0.122 e. The maximum absolute atomic E-state index is 5.38. The first-order valence-corrected chi connectivity index (χ1v) is 5.71. The van der Waals surface area contributed by atoms with Crippen LogP contribution in [0.25, 0.3) is 0 Å². The Morgan fingerprint density at radius 2 is 1.94 bits per heavy atom. The van der Waals surface area contributed by atoms with Crippen molar-refractivity contribution in [2.45, 2.75) is 26.2 Å². The number of hydrogen-bond acceptors (Lipinski definition) is 2. The maximum atomic E-state index is 5.38. The number of thiocarbonyl (C=S) groups is 1. The van der Waals surface area contributed by atoms with Crippen LogP contribution in [0.4, 0.5) is 0 Å². The molecule has 1 aromatic rings. The summed E-state index contributed by atoms with van der Waals surface area (Å²) < 4.78 is 5.38. The topological polar surface area (TPSA) is 21.3 Å². The molecule has 0 heterocycles. The fraction of sp³-hybridized carbons (Fsp3) is 0.462. The molecule has 1 rings (SSSR count). The van der Waals surface area contributed by atoms with Gasteiger partial charge in [0.05, 0.1) is 7.11 Å². The van der Waals surface area contributed by atoms with Crippen molar-refractivity contribution < 1.29 is 4.74 Å². The van der Waals surface area contributed by atoms with Gasteiger partial charge in [0.15, 0.2) is 0 Å². The first-order chi connectivity index (χ1) is 7.40. The van der Waals surface area contributed by atoms with Gasteiger partial charge < -0.3 is 10.1 Å². The molecule has 0 radical (unpaired) electrons. The third kappa shape index (κ3) is 2.73. The SMILES string of the molecule is CNC(=S)c1ccc(OC)c(C(C)(C)C)c1. The lowest BCUT2D eigenvalue weighted by Crippen LogP contribution is -2.19. The van der Waals surface area contributed by atoms with E-state index in [4.69, 9.17) is 17.0 Å². The molecule has 88 valence electrons. The highest BCUT2D eigenvalue weighted by atomic mass is 32.1. The summed E-state index contributed by atoms with van der Waals surface area (Å²) >= 11 is 5.23. The molecule has 0 spiro atoms. The van der Waals surface area contributed by atoms with Crippen LogP contribution in [-0.2, 0) is 5.41 Å². The molecule has 0 saturated heterocycles. The Balaban J connectivity index is 3.27. The molecule has 0 amide bonds. The summed E-state index contributed by atoms with van der Waals surface area (Å²) in [6.45, 7) is 6.49. The molecule has 2 nitrogen and oxygen atoms in total. The third-order valence-corrected chi connectivity index (χ3v) is 2.94. The zero-order valence-electron chi connectivity index (χ0n) is 10.5. The van der Waals surface area contributed by atoms with Crippen molar-refractivity contribution in [2.24, 2.45) is 0 Å². The fourth-order valence-corrected chi connectivity index (χ4v) is 1.71. The van der Waals surface area contributed by atoms with Gasteiger partial charge in [-0.2, -0.15) is 0 Å². The van der Waals surface area contributed by atoms with E-state index in [2.05, 4.69) is 32.2 Å². The zero-order valence-corrected chi connectivity index (χ0v) is 11.4. The predicted octanol–water partition coefficient (Wildman–Crippen LogP) is 2.89. The first-order valence-electron chi connectivity index (χ1n) is 5.30. The summed E-state index contributed by atoms with van der Waals surface area (Å²) in [5, 5.41) is 2.99. The summed E-state index contributed by atoms with van der Waals surface area (Å²) in [5.74, 6) is 0.912. The van der Waals surface area contributed by atoms with Crippen LogP contribution in [0.3, 0.4) is 0 Å². The summed E-state index contributed by atoms with van der Waals surface area (Å²) in [6.07, 6.45) is 0. The Hall–Kier alpha value is -1.09. The van der Waals surface area contributed by atoms with Crippen LogP contribution in [0, 0.1) is 0 Å². The Bertz CT molecular complexity index is 393. The minimum atomic E-state index is 0.0463. The van der Waals surface area contributed by atoms with Crippen molar-refractivity contribution >= 4 is 17.2 Å². The molecule has 1 N–H and O–H groups in total. The van der Waals surface area contributed by atoms with Crippen LogP contribution in [-0.4, -0.2) is 19.1 Å². The monoisotopic (exact) mass is 237 g/mol. The van der Waals surface area contributed by atoms with Crippen LogP contribution in [0.2, 0.25) is 0 Å². The second-order valence-electron chi connectivity index (χ2n) is 4.74. The normalized spacial score (nSPS) is 11.1. The lowest BCUT2D eigenvalue weighted by atomic mass is 9.85. The predicted molar refractivity (Wildman–Crippen MR) is 72.5 cm³/mol. The molecule has 0 saturated carbocycles. The molecule has 16 heavy (non-hydrogen) atoms. The van der Waals surface area contributed by atoms with Crippen LogP contribution < -0.4 is 10.1 Å². The van der Waals surface area contributed by atoms with E-state index < -0.39 is 0 Å². The van der Waals surface area contributed by atoms with E-state index >= 15 is 0 Å². The van der Waals surface area contributed by atoms with E-state index in [1.807, 2.05) is 19.2 Å². The van der Waals surface area contributed by atoms with Crippen molar-refractivity contribution in [3.8, 4) is 5.75 Å². The van der Waals surface area contributed by atoms with Gasteiger partial charge in [-0.05, 0) is 23.6 Å². The molecular weight excluding hydrogens is 218 g/mol. The molecule has 0 fully saturated rings. The van der Waals surface area contributed by atoms with Gasteiger partial charge in [-0.15, -0.1) is 0 Å². The fourth-order valence-electron chi connectivity index (χ4n) is 1.58. The molecule has 0 aliphatic carbocycles. The average Bonchev–Trinajstić information content (AvgIpc) is 2.26. The molecule has 0 aliphatic heterocycles. The molecule has 0 aromatic heterocycles. The van der Waals surface area contributed by atoms with Gasteiger partial charge in [0.25, 0.3) is 0 Å². The van der Waals surface area contributed by atoms with E-state index in [9.17, 15) is 0 Å². The van der Waals surface area contributed by atoms with Crippen molar-refractivity contribution in [2.75, 3.05) is 14.2 Å². The van der Waals surface area contributed by atoms with Gasteiger partial charge in [0.2, 0.25) is 0 Å². The van der Waals surface area contributed by atoms with Gasteiger partial charge in [0.1, 0.15) is 10.7 Å². The van der Waals surface area contributed by atoms with E-state index in [1.165, 1.54) is 5.56 Å². The Morgan fingerprint density at radius 1 is 1.31 bits per heavy atom. The summed E-state index contributed by atoms with van der Waals surface area (Å²) in [7, 11) is 3.53. The Labute approximate surface area is 103 Å². The van der Waals surface area contributed by atoms with Gasteiger partial charge in [-0.3, -0.25) is 0 Å². The summed E-state index contributed by atoms with van der Waals surface area (Å²) in [4.78, 5) is 0.758. The van der Waals surface area contributed by atoms with Crippen LogP contribution >= 0.6 is 12.2 Å². The standard InChI is InChI=1S/C13H19NOS/c1-13(2,3)10-8-9(12(16)14-4)6-7-11(10)15-5/h6-8H,1-5H3,(H,14,16). The summed E-state index contributed by atoms with van der Waals surface area (Å²) in [5.41, 5.74) is 2.25. The number of hydrogen-bond donors (Lipinski definition) is 1. The van der Waals surface area contributed by atoms with E-state index in [0.717, 1.165) is 16.3 Å². The molecule has 1 aromatic carbocycles. The minimum Gasteiger partial charge on any atom is -0.496 e. The highest BCUT2D eigenvalue weighted by Crippen LogP contribution is 2.31. The van der Waals surface area contributed by atoms with Gasteiger partial charge in [0, 0.05) is 18.2 Å². The molecule has 0 unspecified atom stereocenters. The summed E-state index contributed by atoms with van der Waals surface area (Å²) in [6, 6.07) is 6.05. The number of nitrogens with one attached hydrogen (secondary N) is 1. The lowest BCUT2D eigenvalue weighted by Gasteiger charge is -2.23. The van der Waals surface area contributed by atoms with Crippen LogP contribution in [0.5, 0.6) is 5.75 Å². The first kappa shape index (κ1) is 13.0. The molecular formula is C13H19NOS. The minimum absolute atomic E-state index is 0.0463. The van der Waals surface area contributed by atoms with E-state index in [1.54, 1.807) is 7.11 Å². The van der Waals surface area contributed by atoms with Crippen molar-refractivity contribution in [3.05, 3.63) is 29.3 Å². The van der Waals surface area contributed by atoms with E-state index in [-0.39, 0.29) is 5.41 Å². The molecule has 0 aliphatic rings. The lowest BCUT2D eigenvalue weighted by molar-refractivity contribution is 0.397. The van der Waals surface area contributed by atoms with Gasteiger partial charge in [-0.25, -0.2) is 0 Å². The highest BCUT2D eigenvalue weighted by molar-refractivity contribution is 7.80. The molecule has 3 heteroatoms. The Kier molecular flexibility index (Phi) is 3.92.